The number of nitrogens with one attached hydrogen (secondary N) is 1. The lowest BCUT2D eigenvalue weighted by Crippen LogP contribution is -2.47. The number of rotatable bonds is 5. The van der Waals surface area contributed by atoms with E-state index in [0.717, 1.165) is 48.9 Å². The Labute approximate surface area is 201 Å². The molecular formula is C22H33IN6O2. The molecule has 0 aromatic carbocycles. The van der Waals surface area contributed by atoms with Crippen LogP contribution in [0.4, 0.5) is 0 Å². The molecule has 0 amide bonds. The lowest BCUT2D eigenvalue weighted by molar-refractivity contribution is -0.00805. The molecule has 2 aliphatic rings. The topological polar surface area (TPSA) is 76.8 Å². The number of aromatic nitrogens is 3. The fourth-order valence-corrected chi connectivity index (χ4v) is 4.10. The Bertz CT molecular complexity index is 835. The van der Waals surface area contributed by atoms with Gasteiger partial charge >= 0.3 is 0 Å². The number of pyridine rings is 1. The van der Waals surface area contributed by atoms with Crippen LogP contribution in [0.15, 0.2) is 35.7 Å². The smallest absolute Gasteiger partial charge is 0.213 e. The van der Waals surface area contributed by atoms with E-state index in [1.165, 1.54) is 19.3 Å². The highest BCUT2D eigenvalue weighted by Crippen LogP contribution is 2.23. The van der Waals surface area contributed by atoms with Crippen LogP contribution in [0.2, 0.25) is 0 Å². The van der Waals surface area contributed by atoms with Crippen LogP contribution in [0.25, 0.3) is 0 Å². The molecule has 3 heterocycles. The summed E-state index contributed by atoms with van der Waals surface area (Å²) in [4.78, 5) is 11.2. The van der Waals surface area contributed by atoms with E-state index in [1.54, 1.807) is 4.68 Å². The summed E-state index contributed by atoms with van der Waals surface area (Å²) in [7, 11) is 3.74. The summed E-state index contributed by atoms with van der Waals surface area (Å²) in [5.41, 5.74) is 2.19. The molecular weight excluding hydrogens is 507 g/mol. The SMILES string of the molecule is CN=C(NCc1ccc(OC2CCCCC2)nc1)N1CCOC(c2cnn(C)c2)C1.I. The van der Waals surface area contributed by atoms with Crippen LogP contribution in [0, 0.1) is 0 Å². The first-order chi connectivity index (χ1) is 14.7. The molecule has 2 fully saturated rings. The van der Waals surface area contributed by atoms with Crippen molar-refractivity contribution in [3.05, 3.63) is 41.9 Å². The van der Waals surface area contributed by atoms with Gasteiger partial charge in [0.25, 0.3) is 0 Å². The molecule has 4 rings (SSSR count). The number of hydrogen-bond acceptors (Lipinski definition) is 5. The zero-order valence-corrected chi connectivity index (χ0v) is 20.7. The van der Waals surface area contributed by atoms with Crippen molar-refractivity contribution in [1.82, 2.24) is 25.0 Å². The van der Waals surface area contributed by atoms with Crippen LogP contribution in [0.3, 0.4) is 0 Å². The minimum atomic E-state index is 0. The van der Waals surface area contributed by atoms with Gasteiger partial charge in [-0.15, -0.1) is 24.0 Å². The van der Waals surface area contributed by atoms with Crippen LogP contribution in [-0.2, 0) is 18.3 Å². The van der Waals surface area contributed by atoms with E-state index in [1.807, 2.05) is 38.8 Å². The van der Waals surface area contributed by atoms with Crippen LogP contribution in [-0.4, -0.2) is 58.5 Å². The second-order valence-corrected chi connectivity index (χ2v) is 8.04. The Morgan fingerprint density at radius 3 is 2.77 bits per heavy atom. The Morgan fingerprint density at radius 2 is 2.10 bits per heavy atom. The third-order valence-electron chi connectivity index (χ3n) is 5.76. The molecule has 1 N–H and O–H groups in total. The number of morpholine rings is 1. The first-order valence-electron chi connectivity index (χ1n) is 10.9. The zero-order valence-electron chi connectivity index (χ0n) is 18.4. The summed E-state index contributed by atoms with van der Waals surface area (Å²) in [6.45, 7) is 2.88. The van der Waals surface area contributed by atoms with Gasteiger partial charge in [-0.2, -0.15) is 5.10 Å². The van der Waals surface area contributed by atoms with E-state index in [0.29, 0.717) is 19.3 Å². The van der Waals surface area contributed by atoms with Gasteiger partial charge in [-0.3, -0.25) is 9.67 Å². The molecule has 1 unspecified atom stereocenters. The molecule has 1 atom stereocenters. The number of guanidine groups is 1. The van der Waals surface area contributed by atoms with E-state index in [4.69, 9.17) is 9.47 Å². The highest BCUT2D eigenvalue weighted by Gasteiger charge is 2.25. The average molecular weight is 540 g/mol. The summed E-state index contributed by atoms with van der Waals surface area (Å²) in [6.07, 6.45) is 12.2. The molecule has 0 bridgehead atoms. The van der Waals surface area contributed by atoms with Gasteiger partial charge in [-0.05, 0) is 31.2 Å². The Balaban J connectivity index is 0.00000272. The van der Waals surface area contributed by atoms with E-state index in [2.05, 4.69) is 31.4 Å². The van der Waals surface area contributed by atoms with Crippen molar-refractivity contribution in [2.24, 2.45) is 12.0 Å². The Morgan fingerprint density at radius 1 is 1.26 bits per heavy atom. The number of ether oxygens (including phenoxy) is 2. The van der Waals surface area contributed by atoms with Crippen molar-refractivity contribution in [3.8, 4) is 5.88 Å². The molecule has 170 valence electrons. The number of aryl methyl sites for hydroxylation is 1. The van der Waals surface area contributed by atoms with E-state index in [-0.39, 0.29) is 30.1 Å². The molecule has 0 radical (unpaired) electrons. The zero-order chi connectivity index (χ0) is 20.8. The molecule has 31 heavy (non-hydrogen) atoms. The molecule has 1 saturated carbocycles. The summed E-state index contributed by atoms with van der Waals surface area (Å²) >= 11 is 0. The quantitative estimate of drug-likeness (QED) is 0.357. The van der Waals surface area contributed by atoms with Gasteiger partial charge in [0, 0.05) is 51.2 Å². The molecule has 1 aliphatic heterocycles. The highest BCUT2D eigenvalue weighted by atomic mass is 127. The largest absolute Gasteiger partial charge is 0.474 e. The fourth-order valence-electron chi connectivity index (χ4n) is 4.10. The molecule has 1 saturated heterocycles. The van der Waals surface area contributed by atoms with Crippen molar-refractivity contribution in [1.29, 1.82) is 0 Å². The van der Waals surface area contributed by atoms with Crippen molar-refractivity contribution < 1.29 is 9.47 Å². The number of aliphatic imine (C=N–C) groups is 1. The first-order valence-corrected chi connectivity index (χ1v) is 10.9. The van der Waals surface area contributed by atoms with Crippen LogP contribution in [0.1, 0.15) is 49.3 Å². The Hall–Kier alpha value is -1.88. The molecule has 9 heteroatoms. The van der Waals surface area contributed by atoms with Gasteiger partial charge in [0.1, 0.15) is 12.2 Å². The predicted octanol–water partition coefficient (Wildman–Crippen LogP) is 3.29. The minimum Gasteiger partial charge on any atom is -0.474 e. The van der Waals surface area contributed by atoms with Crippen LogP contribution < -0.4 is 10.1 Å². The van der Waals surface area contributed by atoms with E-state index < -0.39 is 0 Å². The highest BCUT2D eigenvalue weighted by molar-refractivity contribution is 14.0. The summed E-state index contributed by atoms with van der Waals surface area (Å²) in [6, 6.07) is 4.05. The van der Waals surface area contributed by atoms with Gasteiger partial charge in [0.2, 0.25) is 5.88 Å². The lowest BCUT2D eigenvalue weighted by atomic mass is 9.98. The van der Waals surface area contributed by atoms with Crippen LogP contribution >= 0.6 is 24.0 Å². The molecule has 2 aromatic heterocycles. The second-order valence-electron chi connectivity index (χ2n) is 8.04. The maximum Gasteiger partial charge on any atom is 0.213 e. The van der Waals surface area contributed by atoms with Gasteiger partial charge in [-0.1, -0.05) is 12.5 Å². The van der Waals surface area contributed by atoms with Crippen molar-refractivity contribution >= 4 is 29.9 Å². The minimum absolute atomic E-state index is 0. The molecule has 1 aliphatic carbocycles. The monoisotopic (exact) mass is 540 g/mol. The van der Waals surface area contributed by atoms with Crippen molar-refractivity contribution in [2.45, 2.75) is 50.9 Å². The molecule has 8 nitrogen and oxygen atoms in total. The predicted molar refractivity (Wildman–Crippen MR) is 131 cm³/mol. The van der Waals surface area contributed by atoms with Crippen LogP contribution in [0.5, 0.6) is 5.88 Å². The van der Waals surface area contributed by atoms with Gasteiger partial charge in [0.15, 0.2) is 5.96 Å². The van der Waals surface area contributed by atoms with E-state index >= 15 is 0 Å². The summed E-state index contributed by atoms with van der Waals surface area (Å²) in [5, 5.41) is 7.71. The average Bonchev–Trinajstić information content (AvgIpc) is 3.23. The first kappa shape index (κ1) is 23.8. The molecule has 0 spiro atoms. The number of halogens is 1. The Kier molecular flexibility index (Phi) is 8.94. The standard InChI is InChI=1S/C22H32N6O2.HI/c1-23-22(28-10-11-29-20(16-28)18-14-26-27(2)15-18)25-13-17-8-9-21(24-12-17)30-19-6-4-3-5-7-19;/h8-9,12,14-15,19-20H,3-7,10-11,13,16H2,1-2H3,(H,23,25);1H. The van der Waals surface area contributed by atoms with Crippen molar-refractivity contribution in [2.75, 3.05) is 26.7 Å². The van der Waals surface area contributed by atoms with E-state index in [9.17, 15) is 0 Å². The summed E-state index contributed by atoms with van der Waals surface area (Å²) in [5.74, 6) is 1.59. The van der Waals surface area contributed by atoms with Gasteiger partial charge < -0.3 is 19.7 Å². The van der Waals surface area contributed by atoms with Crippen molar-refractivity contribution in [3.63, 3.8) is 0 Å². The lowest BCUT2D eigenvalue weighted by Gasteiger charge is -2.34. The molecule has 2 aromatic rings. The van der Waals surface area contributed by atoms with Gasteiger partial charge in [-0.25, -0.2) is 4.98 Å². The second kappa shape index (κ2) is 11.7. The van der Waals surface area contributed by atoms with Gasteiger partial charge in [0.05, 0.1) is 19.3 Å². The maximum atomic E-state index is 6.02. The normalized spacial score (nSPS) is 20.3. The summed E-state index contributed by atoms with van der Waals surface area (Å²) < 4.78 is 13.8. The third-order valence-corrected chi connectivity index (χ3v) is 5.76. The maximum absolute atomic E-state index is 6.02. The third kappa shape index (κ3) is 6.55. The number of nitrogens with zero attached hydrogens (tertiary/aromatic N) is 5. The fraction of sp³-hybridized carbons (Fsp3) is 0.591. The number of hydrogen-bond donors (Lipinski definition) is 1.